The van der Waals surface area contributed by atoms with Crippen molar-refractivity contribution in [1.82, 2.24) is 0 Å². The van der Waals surface area contributed by atoms with Crippen LogP contribution in [0.3, 0.4) is 0 Å². The molecule has 2 aliphatic carbocycles. The van der Waals surface area contributed by atoms with Crippen LogP contribution in [-0.4, -0.2) is 6.04 Å². The molecule has 0 aromatic carbocycles. The van der Waals surface area contributed by atoms with Crippen LogP contribution >= 0.6 is 0 Å². The number of hydrogen-bond donors (Lipinski definition) is 1. The Morgan fingerprint density at radius 1 is 1.30 bits per heavy atom. The lowest BCUT2D eigenvalue weighted by molar-refractivity contribution is -0.430. The summed E-state index contributed by atoms with van der Waals surface area (Å²) in [4.78, 5) is 0. The molecule has 0 heterocycles. The molecule has 2 bridgehead atoms. The van der Waals surface area contributed by atoms with E-state index in [0.717, 1.165) is 17.8 Å². The predicted molar refractivity (Wildman–Crippen MR) is 41.3 cm³/mol. The maximum Gasteiger partial charge on any atom is 0.0846 e. The Balaban J connectivity index is 2.02. The van der Waals surface area contributed by atoms with E-state index in [4.69, 9.17) is 0 Å². The normalized spacial score (nSPS) is 48.0. The highest BCUT2D eigenvalue weighted by Gasteiger charge is 2.42. The predicted octanol–water partition coefficient (Wildman–Crippen LogP) is 1.05. The van der Waals surface area contributed by atoms with Crippen molar-refractivity contribution in [1.29, 1.82) is 0 Å². The SMILES string of the molecule is CC([NH3+])C1CC2CCC1C2. The lowest BCUT2D eigenvalue weighted by Gasteiger charge is -2.22. The molecule has 10 heavy (non-hydrogen) atoms. The van der Waals surface area contributed by atoms with Crippen molar-refractivity contribution < 1.29 is 5.73 Å². The first kappa shape index (κ1) is 6.66. The standard InChI is InChI=1S/C9H17N/c1-6(10)9-5-7-2-3-8(9)4-7/h6-9H,2-5,10H2,1H3/p+1. The molecule has 0 spiro atoms. The lowest BCUT2D eigenvalue weighted by Crippen LogP contribution is -2.63. The Hall–Kier alpha value is -0.0400. The summed E-state index contributed by atoms with van der Waals surface area (Å²) in [6.45, 7) is 2.28. The van der Waals surface area contributed by atoms with Gasteiger partial charge in [-0.3, -0.25) is 0 Å². The van der Waals surface area contributed by atoms with E-state index in [-0.39, 0.29) is 0 Å². The minimum atomic E-state index is 0.704. The average Bonchev–Trinajstić information content (AvgIpc) is 2.44. The van der Waals surface area contributed by atoms with Crippen molar-refractivity contribution in [2.45, 2.75) is 38.6 Å². The third-order valence-electron chi connectivity index (χ3n) is 3.52. The minimum Gasteiger partial charge on any atom is -0.355 e. The summed E-state index contributed by atoms with van der Waals surface area (Å²) in [6, 6.07) is 0.704. The van der Waals surface area contributed by atoms with Crippen LogP contribution in [0, 0.1) is 17.8 Å². The van der Waals surface area contributed by atoms with Crippen molar-refractivity contribution >= 4 is 0 Å². The van der Waals surface area contributed by atoms with Crippen LogP contribution in [0.25, 0.3) is 0 Å². The Labute approximate surface area is 63.0 Å². The highest BCUT2D eigenvalue weighted by Crippen LogP contribution is 2.48. The Bertz CT molecular complexity index is 131. The second kappa shape index (κ2) is 2.23. The molecule has 1 heteroatoms. The van der Waals surface area contributed by atoms with Gasteiger partial charge >= 0.3 is 0 Å². The zero-order valence-electron chi connectivity index (χ0n) is 6.84. The van der Waals surface area contributed by atoms with Gasteiger partial charge in [-0.05, 0) is 38.0 Å². The van der Waals surface area contributed by atoms with Gasteiger partial charge in [0.05, 0.1) is 6.04 Å². The summed E-state index contributed by atoms with van der Waals surface area (Å²) in [5.74, 6) is 3.15. The summed E-state index contributed by atoms with van der Waals surface area (Å²) in [5, 5.41) is 0. The molecule has 2 fully saturated rings. The van der Waals surface area contributed by atoms with Gasteiger partial charge in [-0.2, -0.15) is 0 Å². The van der Waals surface area contributed by atoms with Crippen molar-refractivity contribution in [3.63, 3.8) is 0 Å². The van der Waals surface area contributed by atoms with Crippen LogP contribution in [0.15, 0.2) is 0 Å². The second-order valence-electron chi connectivity index (χ2n) is 4.32. The highest BCUT2D eigenvalue weighted by molar-refractivity contribution is 4.91. The molecule has 2 aliphatic rings. The van der Waals surface area contributed by atoms with Gasteiger partial charge in [-0.25, -0.2) is 0 Å². The van der Waals surface area contributed by atoms with Crippen molar-refractivity contribution in [3.05, 3.63) is 0 Å². The Morgan fingerprint density at radius 2 is 2.10 bits per heavy atom. The first-order valence-corrected chi connectivity index (χ1v) is 4.60. The molecule has 2 saturated carbocycles. The monoisotopic (exact) mass is 140 g/mol. The first-order valence-electron chi connectivity index (χ1n) is 4.60. The van der Waals surface area contributed by atoms with E-state index in [1.54, 1.807) is 0 Å². The van der Waals surface area contributed by atoms with Crippen molar-refractivity contribution in [3.8, 4) is 0 Å². The molecule has 0 radical (unpaired) electrons. The van der Waals surface area contributed by atoms with E-state index in [9.17, 15) is 0 Å². The number of hydrogen-bond acceptors (Lipinski definition) is 0. The topological polar surface area (TPSA) is 27.6 Å². The summed E-state index contributed by atoms with van der Waals surface area (Å²) in [7, 11) is 0. The summed E-state index contributed by atoms with van der Waals surface area (Å²) in [6.07, 6.45) is 6.06. The minimum absolute atomic E-state index is 0.704. The molecule has 58 valence electrons. The molecular weight excluding hydrogens is 122 g/mol. The molecule has 0 aromatic rings. The van der Waals surface area contributed by atoms with Crippen LogP contribution < -0.4 is 5.73 Å². The number of fused-ring (bicyclic) bond motifs is 2. The summed E-state index contributed by atoms with van der Waals surface area (Å²) >= 11 is 0. The zero-order chi connectivity index (χ0) is 7.14. The van der Waals surface area contributed by atoms with Crippen molar-refractivity contribution in [2.24, 2.45) is 17.8 Å². The van der Waals surface area contributed by atoms with Gasteiger partial charge in [0.2, 0.25) is 0 Å². The van der Waals surface area contributed by atoms with Gasteiger partial charge in [0.25, 0.3) is 0 Å². The van der Waals surface area contributed by atoms with Gasteiger partial charge in [-0.1, -0.05) is 6.42 Å². The van der Waals surface area contributed by atoms with E-state index in [2.05, 4.69) is 12.7 Å². The molecule has 0 aromatic heterocycles. The first-order chi connectivity index (χ1) is 4.77. The van der Waals surface area contributed by atoms with Crippen LogP contribution in [-0.2, 0) is 0 Å². The van der Waals surface area contributed by atoms with Crippen molar-refractivity contribution in [2.75, 3.05) is 0 Å². The molecule has 0 saturated heterocycles. The van der Waals surface area contributed by atoms with E-state index in [1.165, 1.54) is 25.7 Å². The number of quaternary nitrogens is 1. The van der Waals surface area contributed by atoms with E-state index >= 15 is 0 Å². The molecule has 3 N–H and O–H groups in total. The Morgan fingerprint density at radius 3 is 2.40 bits per heavy atom. The van der Waals surface area contributed by atoms with Crippen LogP contribution in [0.4, 0.5) is 0 Å². The van der Waals surface area contributed by atoms with Gasteiger partial charge < -0.3 is 5.73 Å². The maximum atomic E-state index is 4.14. The lowest BCUT2D eigenvalue weighted by atomic mass is 9.84. The Kier molecular flexibility index (Phi) is 1.48. The fraction of sp³-hybridized carbons (Fsp3) is 1.00. The van der Waals surface area contributed by atoms with Gasteiger partial charge in [0.15, 0.2) is 0 Å². The van der Waals surface area contributed by atoms with E-state index in [1.807, 2.05) is 0 Å². The molecule has 2 rings (SSSR count). The average molecular weight is 140 g/mol. The molecular formula is C9H18N+. The number of rotatable bonds is 1. The molecule has 1 nitrogen and oxygen atoms in total. The third kappa shape index (κ3) is 0.878. The largest absolute Gasteiger partial charge is 0.355 e. The van der Waals surface area contributed by atoms with Crippen LogP contribution in [0.1, 0.15) is 32.6 Å². The summed E-state index contributed by atoms with van der Waals surface area (Å²) in [5.41, 5.74) is 4.14. The third-order valence-corrected chi connectivity index (χ3v) is 3.52. The van der Waals surface area contributed by atoms with Gasteiger partial charge in [-0.15, -0.1) is 0 Å². The van der Waals surface area contributed by atoms with Crippen LogP contribution in [0.5, 0.6) is 0 Å². The van der Waals surface area contributed by atoms with Gasteiger partial charge in [0, 0.05) is 5.92 Å². The molecule has 4 unspecified atom stereocenters. The fourth-order valence-corrected chi connectivity index (χ4v) is 2.99. The zero-order valence-corrected chi connectivity index (χ0v) is 6.84. The van der Waals surface area contributed by atoms with Crippen LogP contribution in [0.2, 0.25) is 0 Å². The second-order valence-corrected chi connectivity index (χ2v) is 4.32. The highest BCUT2D eigenvalue weighted by atomic mass is 14.7. The molecule has 0 aliphatic heterocycles. The fourth-order valence-electron chi connectivity index (χ4n) is 2.99. The molecule has 4 atom stereocenters. The summed E-state index contributed by atoms with van der Waals surface area (Å²) < 4.78 is 0. The van der Waals surface area contributed by atoms with E-state index in [0.29, 0.717) is 6.04 Å². The quantitative estimate of drug-likeness (QED) is 0.564. The molecule has 0 amide bonds. The maximum absolute atomic E-state index is 4.14. The van der Waals surface area contributed by atoms with Gasteiger partial charge in [0.1, 0.15) is 0 Å². The smallest absolute Gasteiger partial charge is 0.0846 e. The van der Waals surface area contributed by atoms with E-state index < -0.39 is 0 Å².